The first-order valence-electron chi connectivity index (χ1n) is 11.0. The van der Waals surface area contributed by atoms with Crippen LogP contribution in [0.15, 0.2) is 51.7 Å². The maximum atomic E-state index is 12.6. The Bertz CT molecular complexity index is 1170. The van der Waals surface area contributed by atoms with Gasteiger partial charge >= 0.3 is 0 Å². The number of piperidine rings is 1. The second-order valence-electron chi connectivity index (χ2n) is 8.60. The highest BCUT2D eigenvalue weighted by atomic mass is 16.3. The van der Waals surface area contributed by atoms with E-state index in [1.165, 1.54) is 25.7 Å². The molecule has 0 spiro atoms. The molecule has 30 heavy (non-hydrogen) atoms. The van der Waals surface area contributed by atoms with Gasteiger partial charge in [0.25, 0.3) is 5.56 Å². The molecule has 3 heterocycles. The van der Waals surface area contributed by atoms with Gasteiger partial charge in [0.15, 0.2) is 0 Å². The first kappa shape index (κ1) is 19.4. The number of fused-ring (bicyclic) bond motifs is 3. The van der Waals surface area contributed by atoms with Crippen LogP contribution in [0, 0.1) is 11.8 Å². The Morgan fingerprint density at radius 3 is 2.90 bits per heavy atom. The molecule has 2 aromatic heterocycles. The number of rotatable bonds is 5. The van der Waals surface area contributed by atoms with Gasteiger partial charge in [-0.1, -0.05) is 48.7 Å². The lowest BCUT2D eigenvalue weighted by Crippen LogP contribution is -2.34. The molecule has 1 aromatic carbocycles. The molecule has 0 saturated carbocycles. The van der Waals surface area contributed by atoms with Crippen molar-refractivity contribution in [1.82, 2.24) is 14.9 Å². The highest BCUT2D eigenvalue weighted by Crippen LogP contribution is 2.29. The van der Waals surface area contributed by atoms with E-state index in [0.29, 0.717) is 29.1 Å². The zero-order chi connectivity index (χ0) is 20.5. The van der Waals surface area contributed by atoms with E-state index in [-0.39, 0.29) is 5.56 Å². The zero-order valence-electron chi connectivity index (χ0n) is 17.4. The van der Waals surface area contributed by atoms with Crippen molar-refractivity contribution >= 4 is 34.8 Å². The molecule has 1 aliphatic heterocycles. The molecule has 153 valence electrons. The van der Waals surface area contributed by atoms with Crippen molar-refractivity contribution in [2.24, 2.45) is 11.8 Å². The fraction of sp³-hybridized carbons (Fsp3) is 0.417. The van der Waals surface area contributed by atoms with Crippen molar-refractivity contribution in [2.45, 2.75) is 39.1 Å². The summed E-state index contributed by atoms with van der Waals surface area (Å²) in [5.74, 6) is 2.21. The number of aromatic amines is 1. The Hall–Kier alpha value is -2.60. The fourth-order valence-electron chi connectivity index (χ4n) is 4.80. The molecule has 2 aliphatic rings. The van der Waals surface area contributed by atoms with Gasteiger partial charge in [-0.25, -0.2) is 4.98 Å². The van der Waals surface area contributed by atoms with Crippen LogP contribution in [-0.4, -0.2) is 35.2 Å². The van der Waals surface area contributed by atoms with Gasteiger partial charge in [-0.3, -0.25) is 9.69 Å². The summed E-state index contributed by atoms with van der Waals surface area (Å²) < 4.78 is 5.77. The van der Waals surface area contributed by atoms with Gasteiger partial charge in [-0.05, 0) is 56.7 Å². The van der Waals surface area contributed by atoms with Gasteiger partial charge in [0, 0.05) is 5.39 Å². The third-order valence-electron chi connectivity index (χ3n) is 6.52. The average Bonchev–Trinajstić information content (AvgIpc) is 3.14. The van der Waals surface area contributed by atoms with Crippen LogP contribution in [0.25, 0.3) is 22.1 Å². The van der Waals surface area contributed by atoms with Crippen LogP contribution in [0.4, 0.5) is 0 Å². The number of nitrogens with one attached hydrogen (secondary N) is 1. The predicted octanol–water partition coefficient (Wildman–Crippen LogP) is 3.78. The van der Waals surface area contributed by atoms with Crippen LogP contribution in [0.5, 0.6) is 0 Å². The molecular formula is C24H27BN3O2. The number of hydrogen-bond donors (Lipinski definition) is 1. The van der Waals surface area contributed by atoms with Crippen LogP contribution < -0.4 is 11.0 Å². The van der Waals surface area contributed by atoms with E-state index in [1.54, 1.807) is 0 Å². The minimum absolute atomic E-state index is 0.194. The largest absolute Gasteiger partial charge is 0.449 e. The maximum Gasteiger partial charge on any atom is 0.294 e. The molecule has 5 nitrogen and oxygen atoms in total. The van der Waals surface area contributed by atoms with Crippen LogP contribution in [0.2, 0.25) is 6.82 Å². The number of furan rings is 1. The number of allylic oxidation sites excluding steroid dienone is 4. The van der Waals surface area contributed by atoms with Crippen molar-refractivity contribution < 1.29 is 4.42 Å². The van der Waals surface area contributed by atoms with Gasteiger partial charge in [0.05, 0.1) is 6.54 Å². The summed E-state index contributed by atoms with van der Waals surface area (Å²) >= 11 is 0. The van der Waals surface area contributed by atoms with E-state index >= 15 is 0 Å². The van der Waals surface area contributed by atoms with Crippen LogP contribution >= 0.6 is 0 Å². The maximum absolute atomic E-state index is 12.6. The van der Waals surface area contributed by atoms with Crippen molar-refractivity contribution in [3.63, 3.8) is 0 Å². The summed E-state index contributed by atoms with van der Waals surface area (Å²) in [6.45, 7) is 4.79. The van der Waals surface area contributed by atoms with Gasteiger partial charge in [0.1, 0.15) is 24.2 Å². The molecule has 3 aromatic rings. The predicted molar refractivity (Wildman–Crippen MR) is 122 cm³/mol. The van der Waals surface area contributed by atoms with E-state index in [0.717, 1.165) is 35.7 Å². The molecule has 1 fully saturated rings. The quantitative estimate of drug-likeness (QED) is 0.663. The van der Waals surface area contributed by atoms with Gasteiger partial charge < -0.3 is 9.40 Å². The van der Waals surface area contributed by atoms with E-state index in [9.17, 15) is 4.79 Å². The molecule has 1 aliphatic carbocycles. The zero-order valence-corrected chi connectivity index (χ0v) is 17.4. The Morgan fingerprint density at radius 2 is 2.13 bits per heavy atom. The Kier molecular flexibility index (Phi) is 5.34. The molecule has 1 unspecified atom stereocenters. The first-order chi connectivity index (χ1) is 14.7. The van der Waals surface area contributed by atoms with E-state index in [1.807, 2.05) is 32.3 Å². The lowest BCUT2D eigenvalue weighted by Gasteiger charge is -2.33. The average molecular weight is 400 g/mol. The SMILES string of the molecule is C[B]c1ccc2oc3c(=O)[nH]c(CN4CCC(CC5C=CC=CC5)CC4)nc3c2c1. The molecule has 1 atom stereocenters. The van der Waals surface area contributed by atoms with E-state index in [4.69, 9.17) is 9.40 Å². The summed E-state index contributed by atoms with van der Waals surface area (Å²) in [5, 5.41) is 0.904. The molecule has 6 heteroatoms. The molecule has 0 bridgehead atoms. The van der Waals surface area contributed by atoms with Crippen molar-refractivity contribution in [1.29, 1.82) is 0 Å². The van der Waals surface area contributed by atoms with E-state index in [2.05, 4.69) is 34.2 Å². The lowest BCUT2D eigenvalue weighted by atomic mass is 9.73. The minimum Gasteiger partial charge on any atom is -0.449 e. The first-order valence-corrected chi connectivity index (χ1v) is 11.0. The monoisotopic (exact) mass is 400 g/mol. The molecular weight excluding hydrogens is 373 g/mol. The third kappa shape index (κ3) is 3.89. The van der Waals surface area contributed by atoms with Gasteiger partial charge in [-0.15, -0.1) is 0 Å². The summed E-state index contributed by atoms with van der Waals surface area (Å²) in [5.41, 5.74) is 2.59. The summed E-state index contributed by atoms with van der Waals surface area (Å²) in [6.07, 6.45) is 13.9. The van der Waals surface area contributed by atoms with Crippen molar-refractivity contribution in [3.05, 3.63) is 58.7 Å². The number of nitrogens with zero attached hydrogens (tertiary/aromatic N) is 2. The second-order valence-corrected chi connectivity index (χ2v) is 8.60. The van der Waals surface area contributed by atoms with Gasteiger partial charge in [-0.2, -0.15) is 0 Å². The van der Waals surface area contributed by atoms with Crippen LogP contribution in [0.3, 0.4) is 0 Å². The molecule has 1 N–H and O–H groups in total. The van der Waals surface area contributed by atoms with Crippen LogP contribution in [0.1, 0.15) is 31.5 Å². The second kappa shape index (κ2) is 8.27. The fourth-order valence-corrected chi connectivity index (χ4v) is 4.80. The lowest BCUT2D eigenvalue weighted by molar-refractivity contribution is 0.162. The standard InChI is InChI=1S/C24H27BN3O2/c1-25-18-7-8-20-19(14-18)22-23(30-20)24(29)27-21(26-22)15-28-11-9-17(10-12-28)13-16-5-3-2-4-6-16/h2-5,7-8,14,16-17H,6,9-13,15H2,1H3,(H,26,27,29). The van der Waals surface area contributed by atoms with Gasteiger partial charge in [0.2, 0.25) is 5.58 Å². The summed E-state index contributed by atoms with van der Waals surface area (Å²) in [4.78, 5) is 22.7. The Balaban J connectivity index is 1.30. The topological polar surface area (TPSA) is 62.1 Å². The molecule has 1 saturated heterocycles. The number of benzene rings is 1. The Labute approximate surface area is 177 Å². The Morgan fingerprint density at radius 1 is 1.27 bits per heavy atom. The molecule has 1 radical (unpaired) electrons. The van der Waals surface area contributed by atoms with Crippen molar-refractivity contribution in [3.8, 4) is 0 Å². The minimum atomic E-state index is -0.194. The van der Waals surface area contributed by atoms with E-state index < -0.39 is 0 Å². The number of H-pyrrole nitrogens is 1. The van der Waals surface area contributed by atoms with Crippen molar-refractivity contribution in [2.75, 3.05) is 13.1 Å². The summed E-state index contributed by atoms with van der Waals surface area (Å²) in [7, 11) is 2.04. The third-order valence-corrected chi connectivity index (χ3v) is 6.52. The smallest absolute Gasteiger partial charge is 0.294 e. The van der Waals surface area contributed by atoms with Crippen LogP contribution in [-0.2, 0) is 6.54 Å². The number of likely N-dealkylation sites (tertiary alicyclic amines) is 1. The molecule has 5 rings (SSSR count). The molecule has 0 amide bonds. The normalized spacial score (nSPS) is 20.4. The highest BCUT2D eigenvalue weighted by molar-refractivity contribution is 6.52. The number of hydrogen-bond acceptors (Lipinski definition) is 4. The summed E-state index contributed by atoms with van der Waals surface area (Å²) in [6, 6.07) is 5.94. The highest BCUT2D eigenvalue weighted by Gasteiger charge is 2.23. The number of aromatic nitrogens is 2.